The Morgan fingerprint density at radius 2 is 2.10 bits per heavy atom. The first kappa shape index (κ1) is 16.0. The third kappa shape index (κ3) is 4.04. The minimum Gasteiger partial charge on any atom is -0.377 e. The molecule has 0 bridgehead atoms. The van der Waals surface area contributed by atoms with Crippen molar-refractivity contribution in [2.45, 2.75) is 38.0 Å². The quantitative estimate of drug-likeness (QED) is 0.860. The Bertz CT molecular complexity index is 409. The lowest BCUT2D eigenvalue weighted by Gasteiger charge is -2.28. The maximum atomic E-state index is 5.66. The normalized spacial score (nSPS) is 24.2. The first-order valence-electron chi connectivity index (χ1n) is 7.36. The molecule has 0 aliphatic carbocycles. The van der Waals surface area contributed by atoms with Crippen molar-refractivity contribution < 1.29 is 4.74 Å². The zero-order valence-electron chi connectivity index (χ0n) is 12.6. The van der Waals surface area contributed by atoms with Gasteiger partial charge in [-0.05, 0) is 51.6 Å². The van der Waals surface area contributed by atoms with Gasteiger partial charge in [0, 0.05) is 29.7 Å². The maximum Gasteiger partial charge on any atom is 0.0702 e. The number of halogens is 1. The molecule has 0 aromatic heterocycles. The van der Waals surface area contributed by atoms with Gasteiger partial charge in [0.1, 0.15) is 0 Å². The molecule has 0 spiro atoms. The van der Waals surface area contributed by atoms with E-state index in [9.17, 15) is 0 Å². The molecule has 0 saturated carbocycles. The summed E-state index contributed by atoms with van der Waals surface area (Å²) in [6, 6.07) is 9.56. The number of hydrogen-bond acceptors (Lipinski definition) is 3. The van der Waals surface area contributed by atoms with Crippen LogP contribution in [0.3, 0.4) is 0 Å². The molecular weight excluding hydrogens is 316 g/mol. The summed E-state index contributed by atoms with van der Waals surface area (Å²) in [6.45, 7) is 4.16. The van der Waals surface area contributed by atoms with Gasteiger partial charge < -0.3 is 15.0 Å². The van der Waals surface area contributed by atoms with Gasteiger partial charge in [-0.3, -0.25) is 0 Å². The summed E-state index contributed by atoms with van der Waals surface area (Å²) in [5, 5.41) is 3.42. The van der Waals surface area contributed by atoms with Crippen molar-refractivity contribution in [2.24, 2.45) is 0 Å². The van der Waals surface area contributed by atoms with E-state index < -0.39 is 0 Å². The van der Waals surface area contributed by atoms with E-state index in [4.69, 9.17) is 4.74 Å². The van der Waals surface area contributed by atoms with E-state index >= 15 is 0 Å². The van der Waals surface area contributed by atoms with E-state index in [1.165, 1.54) is 5.56 Å². The molecule has 1 saturated heterocycles. The molecule has 1 N–H and O–H groups in total. The Morgan fingerprint density at radius 1 is 1.40 bits per heavy atom. The molecule has 112 valence electrons. The highest BCUT2D eigenvalue weighted by molar-refractivity contribution is 9.10. The van der Waals surface area contributed by atoms with Gasteiger partial charge in [0.05, 0.1) is 6.10 Å². The van der Waals surface area contributed by atoms with Gasteiger partial charge in [-0.25, -0.2) is 0 Å². The maximum absolute atomic E-state index is 5.66. The smallest absolute Gasteiger partial charge is 0.0702 e. The number of benzene rings is 1. The standard InChI is InChI=1S/C16H25BrN2O/c1-12-16(9-11-20-12)19(3)10-8-15(18-2)13-4-6-14(17)7-5-13/h4-7,12,15-16,18H,8-11H2,1-3H3. The second-order valence-corrected chi connectivity index (χ2v) is 6.51. The lowest BCUT2D eigenvalue weighted by molar-refractivity contribution is 0.0824. The molecule has 1 heterocycles. The Morgan fingerprint density at radius 3 is 2.65 bits per heavy atom. The molecule has 3 unspecified atom stereocenters. The Labute approximate surface area is 130 Å². The van der Waals surface area contributed by atoms with E-state index in [0.717, 1.165) is 30.5 Å². The fourth-order valence-corrected chi connectivity index (χ4v) is 3.23. The first-order chi connectivity index (χ1) is 9.61. The fourth-order valence-electron chi connectivity index (χ4n) is 2.97. The summed E-state index contributed by atoms with van der Waals surface area (Å²) in [4.78, 5) is 2.45. The SMILES string of the molecule is CNC(CCN(C)C1CCOC1C)c1ccc(Br)cc1. The molecule has 1 aliphatic rings. The number of likely N-dealkylation sites (N-methyl/N-ethyl adjacent to an activating group) is 1. The van der Waals surface area contributed by atoms with E-state index in [1.807, 2.05) is 7.05 Å². The third-order valence-corrected chi connectivity index (χ3v) is 4.82. The topological polar surface area (TPSA) is 24.5 Å². The van der Waals surface area contributed by atoms with E-state index in [0.29, 0.717) is 18.2 Å². The number of hydrogen-bond donors (Lipinski definition) is 1. The van der Waals surface area contributed by atoms with E-state index in [2.05, 4.69) is 64.4 Å². The highest BCUT2D eigenvalue weighted by atomic mass is 79.9. The second-order valence-electron chi connectivity index (χ2n) is 5.59. The van der Waals surface area contributed by atoms with Crippen LogP contribution in [0.25, 0.3) is 0 Å². The van der Waals surface area contributed by atoms with Gasteiger partial charge in [-0.15, -0.1) is 0 Å². The monoisotopic (exact) mass is 340 g/mol. The molecule has 4 heteroatoms. The summed E-state index contributed by atoms with van der Waals surface area (Å²) in [7, 11) is 4.25. The van der Waals surface area contributed by atoms with Crippen molar-refractivity contribution >= 4 is 15.9 Å². The molecule has 20 heavy (non-hydrogen) atoms. The first-order valence-corrected chi connectivity index (χ1v) is 8.15. The fraction of sp³-hybridized carbons (Fsp3) is 0.625. The molecule has 0 amide bonds. The van der Waals surface area contributed by atoms with Crippen molar-refractivity contribution in [2.75, 3.05) is 27.2 Å². The van der Waals surface area contributed by atoms with Crippen LogP contribution < -0.4 is 5.32 Å². The second kappa shape index (κ2) is 7.55. The molecule has 3 nitrogen and oxygen atoms in total. The number of nitrogens with one attached hydrogen (secondary N) is 1. The van der Waals surface area contributed by atoms with Crippen LogP contribution in [0, 0.1) is 0 Å². The Hall–Kier alpha value is -0.420. The number of nitrogens with zero attached hydrogens (tertiary/aromatic N) is 1. The van der Waals surface area contributed by atoms with Crippen LogP contribution in [0.1, 0.15) is 31.4 Å². The molecule has 3 atom stereocenters. The lowest BCUT2D eigenvalue weighted by Crippen LogP contribution is -2.38. The number of rotatable bonds is 6. The average molecular weight is 341 g/mol. The third-order valence-electron chi connectivity index (χ3n) is 4.29. The van der Waals surface area contributed by atoms with Crippen LogP contribution >= 0.6 is 15.9 Å². The largest absolute Gasteiger partial charge is 0.377 e. The molecule has 1 aromatic carbocycles. The van der Waals surface area contributed by atoms with Gasteiger partial charge >= 0.3 is 0 Å². The van der Waals surface area contributed by atoms with Gasteiger partial charge in [-0.1, -0.05) is 28.1 Å². The summed E-state index contributed by atoms with van der Waals surface area (Å²) >= 11 is 3.49. The lowest BCUT2D eigenvalue weighted by atomic mass is 10.0. The summed E-state index contributed by atoms with van der Waals surface area (Å²) < 4.78 is 6.78. The van der Waals surface area contributed by atoms with Crippen molar-refractivity contribution in [3.8, 4) is 0 Å². The van der Waals surface area contributed by atoms with Crippen LogP contribution in [0.15, 0.2) is 28.7 Å². The van der Waals surface area contributed by atoms with Crippen LogP contribution in [-0.2, 0) is 4.74 Å². The average Bonchev–Trinajstić information content (AvgIpc) is 2.87. The highest BCUT2D eigenvalue weighted by Gasteiger charge is 2.27. The van der Waals surface area contributed by atoms with Crippen LogP contribution in [-0.4, -0.2) is 44.3 Å². The zero-order valence-corrected chi connectivity index (χ0v) is 14.2. The summed E-state index contributed by atoms with van der Waals surface area (Å²) in [5.74, 6) is 0. The van der Waals surface area contributed by atoms with Gasteiger partial charge in [0.2, 0.25) is 0 Å². The predicted molar refractivity (Wildman–Crippen MR) is 87.0 cm³/mol. The molecule has 1 aromatic rings. The molecule has 1 fully saturated rings. The molecule has 1 aliphatic heterocycles. The van der Waals surface area contributed by atoms with Crippen LogP contribution in [0.2, 0.25) is 0 Å². The van der Waals surface area contributed by atoms with Crippen molar-refractivity contribution in [1.82, 2.24) is 10.2 Å². The molecule has 2 rings (SSSR count). The summed E-state index contributed by atoms with van der Waals surface area (Å²) in [6.07, 6.45) is 2.62. The van der Waals surface area contributed by atoms with Crippen LogP contribution in [0.4, 0.5) is 0 Å². The van der Waals surface area contributed by atoms with E-state index in [1.54, 1.807) is 0 Å². The molecular formula is C16H25BrN2O. The summed E-state index contributed by atoms with van der Waals surface area (Å²) in [5.41, 5.74) is 1.35. The zero-order chi connectivity index (χ0) is 14.5. The molecule has 0 radical (unpaired) electrons. The van der Waals surface area contributed by atoms with Crippen molar-refractivity contribution in [3.05, 3.63) is 34.3 Å². The van der Waals surface area contributed by atoms with Crippen LogP contribution in [0.5, 0.6) is 0 Å². The van der Waals surface area contributed by atoms with Crippen molar-refractivity contribution in [1.29, 1.82) is 0 Å². The van der Waals surface area contributed by atoms with Crippen molar-refractivity contribution in [3.63, 3.8) is 0 Å². The Kier molecular flexibility index (Phi) is 6.02. The number of ether oxygens (including phenoxy) is 1. The predicted octanol–water partition coefficient (Wildman–Crippen LogP) is 3.21. The Balaban J connectivity index is 1.88. The minimum absolute atomic E-state index is 0.362. The van der Waals surface area contributed by atoms with E-state index in [-0.39, 0.29) is 0 Å². The van der Waals surface area contributed by atoms with Gasteiger partial charge in [0.25, 0.3) is 0 Å². The minimum atomic E-state index is 0.362. The van der Waals surface area contributed by atoms with Gasteiger partial charge in [-0.2, -0.15) is 0 Å². The van der Waals surface area contributed by atoms with Gasteiger partial charge in [0.15, 0.2) is 0 Å². The highest BCUT2D eigenvalue weighted by Crippen LogP contribution is 2.22.